The van der Waals surface area contributed by atoms with Gasteiger partial charge in [0.05, 0.1) is 13.7 Å². The molecule has 0 spiro atoms. The molecule has 3 rings (SSSR count). The number of hydrogen-bond donors (Lipinski definition) is 1. The number of rotatable bonds is 7. The smallest absolute Gasteiger partial charge is 0.239 e. The summed E-state index contributed by atoms with van der Waals surface area (Å²) in [7, 11) is 1.65. The number of carbonyl (C=O) groups excluding carboxylic acids is 1. The molecule has 0 radical (unpaired) electrons. The quantitative estimate of drug-likeness (QED) is 0.855. The molecule has 1 fully saturated rings. The molecule has 2 aromatic rings. The molecule has 0 bridgehead atoms. The van der Waals surface area contributed by atoms with Crippen LogP contribution in [-0.4, -0.2) is 25.6 Å². The van der Waals surface area contributed by atoms with E-state index >= 15 is 0 Å². The molecule has 23 heavy (non-hydrogen) atoms. The van der Waals surface area contributed by atoms with Crippen LogP contribution in [0, 0.1) is 0 Å². The van der Waals surface area contributed by atoms with Gasteiger partial charge in [-0.2, -0.15) is 0 Å². The lowest BCUT2D eigenvalue weighted by Crippen LogP contribution is -2.38. The first-order valence-corrected chi connectivity index (χ1v) is 7.97. The van der Waals surface area contributed by atoms with Crippen molar-refractivity contribution in [3.8, 4) is 5.75 Å². The zero-order chi connectivity index (χ0) is 16.1. The lowest BCUT2D eigenvalue weighted by Gasteiger charge is -2.24. The first-order chi connectivity index (χ1) is 11.2. The van der Waals surface area contributed by atoms with Crippen LogP contribution in [-0.2, 0) is 11.3 Å². The van der Waals surface area contributed by atoms with E-state index in [4.69, 9.17) is 4.74 Å². The largest absolute Gasteiger partial charge is 0.497 e. The van der Waals surface area contributed by atoms with Crippen LogP contribution in [0.15, 0.2) is 54.6 Å². The number of amides is 1. The first-order valence-electron chi connectivity index (χ1n) is 7.97. The van der Waals surface area contributed by atoms with E-state index in [0.717, 1.165) is 24.3 Å². The van der Waals surface area contributed by atoms with E-state index in [9.17, 15) is 4.79 Å². The van der Waals surface area contributed by atoms with E-state index in [1.807, 2.05) is 42.5 Å². The van der Waals surface area contributed by atoms with Gasteiger partial charge < -0.3 is 15.0 Å². The number of nitrogens with zero attached hydrogens (tertiary/aromatic N) is 1. The van der Waals surface area contributed by atoms with Crippen molar-refractivity contribution in [1.82, 2.24) is 5.32 Å². The molecule has 120 valence electrons. The Kier molecular flexibility index (Phi) is 4.81. The van der Waals surface area contributed by atoms with Crippen molar-refractivity contribution in [3.05, 3.63) is 60.2 Å². The van der Waals surface area contributed by atoms with Crippen molar-refractivity contribution in [2.24, 2.45) is 0 Å². The Bertz CT molecular complexity index is 636. The molecule has 2 aromatic carbocycles. The highest BCUT2D eigenvalue weighted by molar-refractivity contribution is 5.82. The molecule has 0 atom stereocenters. The highest BCUT2D eigenvalue weighted by atomic mass is 16.5. The third-order valence-electron chi connectivity index (χ3n) is 3.93. The predicted molar refractivity (Wildman–Crippen MR) is 91.7 cm³/mol. The summed E-state index contributed by atoms with van der Waals surface area (Å²) >= 11 is 0. The Morgan fingerprint density at radius 3 is 2.43 bits per heavy atom. The van der Waals surface area contributed by atoms with Crippen LogP contribution < -0.4 is 15.0 Å². The standard InChI is InChI=1S/C19H22N2O2/c1-23-18-11-9-17(10-12-18)21(13-15-5-3-2-4-6-15)14-19(22)20-16-7-8-16/h2-6,9-12,16H,7-8,13-14H2,1H3,(H,20,22). The number of nitrogens with one attached hydrogen (secondary N) is 1. The first kappa shape index (κ1) is 15.4. The van der Waals surface area contributed by atoms with Crippen molar-refractivity contribution in [3.63, 3.8) is 0 Å². The summed E-state index contributed by atoms with van der Waals surface area (Å²) in [6.07, 6.45) is 2.21. The molecule has 4 nitrogen and oxygen atoms in total. The monoisotopic (exact) mass is 310 g/mol. The maximum Gasteiger partial charge on any atom is 0.239 e. The second-order valence-corrected chi connectivity index (χ2v) is 5.88. The van der Waals surface area contributed by atoms with Gasteiger partial charge >= 0.3 is 0 Å². The molecule has 1 N–H and O–H groups in total. The molecule has 0 aliphatic heterocycles. The summed E-state index contributed by atoms with van der Waals surface area (Å²) in [5.41, 5.74) is 2.20. The number of benzene rings is 2. The van der Waals surface area contributed by atoms with Crippen LogP contribution in [0.3, 0.4) is 0 Å². The molecular weight excluding hydrogens is 288 g/mol. The second kappa shape index (κ2) is 7.18. The molecule has 4 heteroatoms. The normalized spacial score (nSPS) is 13.4. The Labute approximate surface area is 137 Å². The van der Waals surface area contributed by atoms with E-state index in [1.54, 1.807) is 7.11 Å². The fraction of sp³-hybridized carbons (Fsp3) is 0.316. The number of carbonyl (C=O) groups is 1. The molecule has 0 aromatic heterocycles. The number of methoxy groups -OCH3 is 1. The third kappa shape index (κ3) is 4.49. The summed E-state index contributed by atoms with van der Waals surface area (Å²) in [6, 6.07) is 18.4. The molecular formula is C19H22N2O2. The van der Waals surface area contributed by atoms with Crippen LogP contribution in [0.25, 0.3) is 0 Å². The van der Waals surface area contributed by atoms with Gasteiger partial charge in [0.1, 0.15) is 5.75 Å². The van der Waals surface area contributed by atoms with Gasteiger partial charge in [0.25, 0.3) is 0 Å². The zero-order valence-electron chi connectivity index (χ0n) is 13.4. The van der Waals surface area contributed by atoms with Crippen LogP contribution >= 0.6 is 0 Å². The fourth-order valence-electron chi connectivity index (χ4n) is 2.51. The number of anilines is 1. The highest BCUT2D eigenvalue weighted by Crippen LogP contribution is 2.22. The maximum absolute atomic E-state index is 12.2. The number of hydrogen-bond acceptors (Lipinski definition) is 3. The van der Waals surface area contributed by atoms with Crippen molar-refractivity contribution in [1.29, 1.82) is 0 Å². The van der Waals surface area contributed by atoms with Gasteiger partial charge in [-0.05, 0) is 42.7 Å². The lowest BCUT2D eigenvalue weighted by atomic mass is 10.2. The van der Waals surface area contributed by atoms with Gasteiger partial charge in [0.2, 0.25) is 5.91 Å². The minimum atomic E-state index is 0.0826. The average molecular weight is 310 g/mol. The van der Waals surface area contributed by atoms with Crippen molar-refractivity contribution < 1.29 is 9.53 Å². The molecule has 1 aliphatic rings. The molecule has 0 heterocycles. The Morgan fingerprint density at radius 2 is 1.83 bits per heavy atom. The van der Waals surface area contributed by atoms with Crippen LogP contribution in [0.4, 0.5) is 5.69 Å². The molecule has 1 amide bonds. The van der Waals surface area contributed by atoms with Gasteiger partial charge in [-0.25, -0.2) is 0 Å². The Morgan fingerprint density at radius 1 is 1.13 bits per heavy atom. The minimum absolute atomic E-state index is 0.0826. The Hall–Kier alpha value is -2.49. The van der Waals surface area contributed by atoms with Crippen LogP contribution in [0.5, 0.6) is 5.75 Å². The molecule has 0 saturated heterocycles. The zero-order valence-corrected chi connectivity index (χ0v) is 13.4. The third-order valence-corrected chi connectivity index (χ3v) is 3.93. The van der Waals surface area contributed by atoms with Crippen molar-refractivity contribution in [2.75, 3.05) is 18.6 Å². The van der Waals surface area contributed by atoms with Crippen molar-refractivity contribution in [2.45, 2.75) is 25.4 Å². The predicted octanol–water partition coefficient (Wildman–Crippen LogP) is 2.98. The van der Waals surface area contributed by atoms with E-state index in [2.05, 4.69) is 22.3 Å². The maximum atomic E-state index is 12.2. The summed E-state index contributed by atoms with van der Waals surface area (Å²) in [6.45, 7) is 1.06. The fourth-order valence-corrected chi connectivity index (χ4v) is 2.51. The van der Waals surface area contributed by atoms with Gasteiger partial charge in [-0.1, -0.05) is 30.3 Å². The van der Waals surface area contributed by atoms with Crippen molar-refractivity contribution >= 4 is 11.6 Å². The summed E-state index contributed by atoms with van der Waals surface area (Å²) in [5.74, 6) is 0.898. The number of ether oxygens (including phenoxy) is 1. The lowest BCUT2D eigenvalue weighted by molar-refractivity contribution is -0.119. The average Bonchev–Trinajstić information content (AvgIpc) is 3.39. The van der Waals surface area contributed by atoms with Gasteiger partial charge in [0.15, 0.2) is 0 Å². The summed E-state index contributed by atoms with van der Waals surface area (Å²) < 4.78 is 5.21. The van der Waals surface area contributed by atoms with Gasteiger partial charge in [0, 0.05) is 18.3 Å². The van der Waals surface area contributed by atoms with E-state index in [0.29, 0.717) is 19.1 Å². The Balaban J connectivity index is 1.74. The van der Waals surface area contributed by atoms with Crippen LogP contribution in [0.1, 0.15) is 18.4 Å². The SMILES string of the molecule is COc1ccc(N(CC(=O)NC2CC2)Cc2ccccc2)cc1. The van der Waals surface area contributed by atoms with E-state index < -0.39 is 0 Å². The summed E-state index contributed by atoms with van der Waals surface area (Å²) in [4.78, 5) is 14.3. The van der Waals surface area contributed by atoms with Gasteiger partial charge in [-0.3, -0.25) is 4.79 Å². The minimum Gasteiger partial charge on any atom is -0.497 e. The molecule has 1 saturated carbocycles. The second-order valence-electron chi connectivity index (χ2n) is 5.88. The van der Waals surface area contributed by atoms with E-state index in [1.165, 1.54) is 5.56 Å². The topological polar surface area (TPSA) is 41.6 Å². The van der Waals surface area contributed by atoms with Crippen LogP contribution in [0.2, 0.25) is 0 Å². The van der Waals surface area contributed by atoms with E-state index in [-0.39, 0.29) is 5.91 Å². The highest BCUT2D eigenvalue weighted by Gasteiger charge is 2.24. The molecule has 0 unspecified atom stereocenters. The summed E-state index contributed by atoms with van der Waals surface area (Å²) in [5, 5.41) is 3.06. The molecule has 1 aliphatic carbocycles. The van der Waals surface area contributed by atoms with Gasteiger partial charge in [-0.15, -0.1) is 0 Å².